The van der Waals surface area contributed by atoms with Crippen molar-refractivity contribution in [3.63, 3.8) is 0 Å². The number of nitrogens with one attached hydrogen (secondary N) is 3. The number of hydrogen-bond donors (Lipinski definition) is 3. The molecule has 1 aliphatic rings. The van der Waals surface area contributed by atoms with E-state index in [9.17, 15) is 14.4 Å². The number of hydrogen-bond acceptors (Lipinski definition) is 7. The Kier molecular flexibility index (Phi) is 7.37. The van der Waals surface area contributed by atoms with Crippen molar-refractivity contribution in [1.82, 2.24) is 10.6 Å². The van der Waals surface area contributed by atoms with Gasteiger partial charge < -0.3 is 20.7 Å². The van der Waals surface area contributed by atoms with Crippen molar-refractivity contribution in [1.29, 1.82) is 0 Å². The Hall–Kier alpha value is -4.24. The van der Waals surface area contributed by atoms with Crippen LogP contribution in [0.25, 0.3) is 0 Å². The maximum Gasteiger partial charge on any atom is 0.343 e. The molecule has 0 unspecified atom stereocenters. The summed E-state index contributed by atoms with van der Waals surface area (Å²) in [5, 5.41) is 10.6. The molecule has 1 aliphatic heterocycles. The van der Waals surface area contributed by atoms with Gasteiger partial charge in [-0.2, -0.15) is 0 Å². The average Bonchev–Trinajstić information content (AvgIpc) is 3.35. The van der Waals surface area contributed by atoms with Gasteiger partial charge in [-0.15, -0.1) is 11.3 Å². The van der Waals surface area contributed by atoms with E-state index in [2.05, 4.69) is 20.9 Å². The highest BCUT2D eigenvalue weighted by molar-refractivity contribution is 7.12. The van der Waals surface area contributed by atoms with E-state index in [1.165, 1.54) is 11.3 Å². The van der Waals surface area contributed by atoms with E-state index >= 15 is 0 Å². The molecule has 0 fully saturated rings. The topological polar surface area (TPSA) is 109 Å². The maximum atomic E-state index is 13.0. The summed E-state index contributed by atoms with van der Waals surface area (Å²) in [6.07, 6.45) is 0. The predicted octanol–water partition coefficient (Wildman–Crippen LogP) is 4.40. The molecule has 35 heavy (non-hydrogen) atoms. The fraction of sp³-hybridized carbons (Fsp3) is 0.154. The minimum absolute atomic E-state index is 0.107. The second-order valence-corrected chi connectivity index (χ2v) is 8.58. The van der Waals surface area contributed by atoms with E-state index in [1.54, 1.807) is 50.2 Å². The molecule has 0 bridgehead atoms. The van der Waals surface area contributed by atoms with Crippen LogP contribution in [0.4, 0.5) is 11.4 Å². The molecule has 2 aromatic carbocycles. The predicted molar refractivity (Wildman–Crippen MR) is 136 cm³/mol. The lowest BCUT2D eigenvalue weighted by molar-refractivity contribution is -0.137. The first kappa shape index (κ1) is 23.9. The molecule has 0 saturated carbocycles. The number of fused-ring (bicyclic) bond motifs is 1. The summed E-state index contributed by atoms with van der Waals surface area (Å²) in [6.45, 7) is 3.97. The van der Waals surface area contributed by atoms with E-state index in [-0.39, 0.29) is 23.9 Å². The molecule has 3 aromatic rings. The summed E-state index contributed by atoms with van der Waals surface area (Å²) in [5.74, 6) is -1.04. The lowest BCUT2D eigenvalue weighted by atomic mass is 10.1. The van der Waals surface area contributed by atoms with Crippen LogP contribution < -0.4 is 16.0 Å². The van der Waals surface area contributed by atoms with Crippen molar-refractivity contribution in [3.8, 4) is 0 Å². The number of amides is 2. The van der Waals surface area contributed by atoms with Crippen LogP contribution in [0, 0.1) is 0 Å². The van der Waals surface area contributed by atoms with Crippen molar-refractivity contribution in [2.24, 2.45) is 4.99 Å². The van der Waals surface area contributed by atoms with Crippen LogP contribution in [0.1, 0.15) is 39.4 Å². The Labute approximate surface area is 206 Å². The summed E-state index contributed by atoms with van der Waals surface area (Å²) in [5.41, 5.74) is 3.20. The van der Waals surface area contributed by atoms with E-state index in [0.717, 1.165) is 5.56 Å². The van der Waals surface area contributed by atoms with Gasteiger partial charge in [0, 0.05) is 17.8 Å². The molecule has 178 valence electrons. The van der Waals surface area contributed by atoms with E-state index in [4.69, 9.17) is 4.74 Å². The van der Waals surface area contributed by atoms with E-state index in [1.807, 2.05) is 29.6 Å². The van der Waals surface area contributed by atoms with E-state index in [0.29, 0.717) is 34.1 Å². The highest BCUT2D eigenvalue weighted by Gasteiger charge is 2.26. The van der Waals surface area contributed by atoms with Crippen LogP contribution >= 0.6 is 11.3 Å². The molecule has 8 nitrogen and oxygen atoms in total. The maximum absolute atomic E-state index is 13.0. The van der Waals surface area contributed by atoms with Crippen molar-refractivity contribution < 1.29 is 19.1 Å². The number of nitrogens with zero attached hydrogens (tertiary/aromatic N) is 1. The van der Waals surface area contributed by atoms with Crippen molar-refractivity contribution in [2.45, 2.75) is 20.4 Å². The Balaban J connectivity index is 1.51. The first-order valence-corrected chi connectivity index (χ1v) is 11.9. The number of ether oxygens (including phenoxy) is 1. The minimum Gasteiger partial charge on any atom is -0.462 e. The van der Waals surface area contributed by atoms with Gasteiger partial charge in [0.1, 0.15) is 11.4 Å². The van der Waals surface area contributed by atoms with Gasteiger partial charge >= 0.3 is 5.97 Å². The largest absolute Gasteiger partial charge is 0.462 e. The Bertz CT molecular complexity index is 1310. The molecular formula is C26H24N4O4S. The highest BCUT2D eigenvalue weighted by Crippen LogP contribution is 2.30. The number of esters is 1. The molecular weight excluding hydrogens is 464 g/mol. The molecule has 2 amide bonds. The lowest BCUT2D eigenvalue weighted by Gasteiger charge is -2.13. The number of benzene rings is 2. The molecule has 1 aromatic heterocycles. The number of rotatable bonds is 6. The second kappa shape index (κ2) is 10.8. The Morgan fingerprint density at radius 2 is 1.77 bits per heavy atom. The lowest BCUT2D eigenvalue weighted by Crippen LogP contribution is -2.35. The molecule has 9 heteroatoms. The third-order valence-corrected chi connectivity index (χ3v) is 6.06. The molecule has 2 heterocycles. The van der Waals surface area contributed by atoms with Crippen molar-refractivity contribution in [3.05, 3.63) is 93.3 Å². The number of thiophene rings is 1. The summed E-state index contributed by atoms with van der Waals surface area (Å²) in [6, 6.07) is 17.7. The summed E-state index contributed by atoms with van der Waals surface area (Å²) in [7, 11) is 0. The quantitative estimate of drug-likeness (QED) is 0.446. The first-order valence-electron chi connectivity index (χ1n) is 11.0. The molecule has 0 saturated heterocycles. The number of para-hydroxylation sites is 2. The average molecular weight is 489 g/mol. The van der Waals surface area contributed by atoms with Crippen LogP contribution in [0.3, 0.4) is 0 Å². The third kappa shape index (κ3) is 5.64. The normalized spacial score (nSPS) is 12.6. The van der Waals surface area contributed by atoms with Crippen LogP contribution in [0.15, 0.2) is 82.3 Å². The number of carbonyl (C=O) groups excluding carboxylic acids is 3. The van der Waals surface area contributed by atoms with Gasteiger partial charge in [0.25, 0.3) is 11.8 Å². The SMILES string of the molecule is CCOC(=O)C1=C(C)Nc2ccccc2N=C1NC(=O)c1ccc(CNC(=O)c2cccs2)cc1. The number of carbonyl (C=O) groups is 3. The van der Waals surface area contributed by atoms with Gasteiger partial charge in [-0.1, -0.05) is 30.3 Å². The van der Waals surface area contributed by atoms with Gasteiger partial charge in [0.05, 0.1) is 22.9 Å². The van der Waals surface area contributed by atoms with Gasteiger partial charge in [-0.05, 0) is 55.1 Å². The van der Waals surface area contributed by atoms with Crippen molar-refractivity contribution in [2.75, 3.05) is 11.9 Å². The van der Waals surface area contributed by atoms with Crippen LogP contribution in [0.2, 0.25) is 0 Å². The summed E-state index contributed by atoms with van der Waals surface area (Å²) in [4.78, 5) is 43.1. The van der Waals surface area contributed by atoms with Gasteiger partial charge in [-0.3, -0.25) is 9.59 Å². The zero-order chi connectivity index (χ0) is 24.8. The molecule has 0 spiro atoms. The Morgan fingerprint density at radius 1 is 1.00 bits per heavy atom. The fourth-order valence-electron chi connectivity index (χ4n) is 3.47. The van der Waals surface area contributed by atoms with Crippen LogP contribution in [0.5, 0.6) is 0 Å². The van der Waals surface area contributed by atoms with Gasteiger partial charge in [0.15, 0.2) is 0 Å². The Morgan fingerprint density at radius 3 is 2.49 bits per heavy atom. The van der Waals surface area contributed by atoms with E-state index < -0.39 is 11.9 Å². The minimum atomic E-state index is -0.582. The van der Waals surface area contributed by atoms with Crippen molar-refractivity contribution >= 4 is 46.3 Å². The van der Waals surface area contributed by atoms with Gasteiger partial charge in [0.2, 0.25) is 0 Å². The number of amidine groups is 1. The summed E-state index contributed by atoms with van der Waals surface area (Å²) < 4.78 is 5.21. The number of anilines is 1. The van der Waals surface area contributed by atoms with Gasteiger partial charge in [-0.25, -0.2) is 9.79 Å². The molecule has 4 rings (SSSR count). The smallest absolute Gasteiger partial charge is 0.343 e. The molecule has 3 N–H and O–H groups in total. The molecule has 0 aliphatic carbocycles. The highest BCUT2D eigenvalue weighted by atomic mass is 32.1. The number of aliphatic imine (C=N–C) groups is 1. The number of allylic oxidation sites excluding steroid dienone is 1. The standard InChI is InChI=1S/C26H24N4O4S/c1-3-34-26(33)22-16(2)28-19-7-4-5-8-20(19)29-23(22)30-24(31)18-12-10-17(11-13-18)15-27-25(32)21-9-6-14-35-21/h4-14,28H,3,15H2,1-2H3,(H,27,32)(H,29,30,31). The third-order valence-electron chi connectivity index (χ3n) is 5.20. The molecule has 0 radical (unpaired) electrons. The monoisotopic (exact) mass is 488 g/mol. The fourth-order valence-corrected chi connectivity index (χ4v) is 4.11. The van der Waals surface area contributed by atoms with Crippen LogP contribution in [-0.4, -0.2) is 30.2 Å². The second-order valence-electron chi connectivity index (χ2n) is 7.63. The molecule has 0 atom stereocenters. The summed E-state index contributed by atoms with van der Waals surface area (Å²) >= 11 is 1.37. The zero-order valence-electron chi connectivity index (χ0n) is 19.3. The first-order chi connectivity index (χ1) is 17.0. The van der Waals surface area contributed by atoms with Crippen LogP contribution in [-0.2, 0) is 16.1 Å². The zero-order valence-corrected chi connectivity index (χ0v) is 20.1.